The molecule has 3 aromatic carbocycles. The van der Waals surface area contributed by atoms with E-state index < -0.39 is 6.04 Å². The van der Waals surface area contributed by atoms with E-state index in [1.165, 1.54) is 0 Å². The molecule has 192 valence electrons. The molecule has 1 aliphatic rings. The molecule has 1 atom stereocenters. The first kappa shape index (κ1) is 26.4. The number of thiocarbonyl (C=S) groups is 1. The monoisotopic (exact) mass is 515 g/mol. The average Bonchev–Trinajstić information content (AvgIpc) is 3.14. The van der Waals surface area contributed by atoms with E-state index in [0.29, 0.717) is 36.9 Å². The first-order valence-electron chi connectivity index (χ1n) is 12.8. The number of anilines is 1. The smallest absolute Gasteiger partial charge is 0.252 e. The minimum Gasteiger partial charge on any atom is -0.494 e. The van der Waals surface area contributed by atoms with Crippen LogP contribution in [-0.4, -0.2) is 52.5 Å². The van der Waals surface area contributed by atoms with E-state index in [9.17, 15) is 9.59 Å². The summed E-state index contributed by atoms with van der Waals surface area (Å²) in [4.78, 5) is 30.1. The zero-order valence-electron chi connectivity index (χ0n) is 21.1. The lowest BCUT2D eigenvalue weighted by molar-refractivity contribution is -0.130. The number of amides is 2. The van der Waals surface area contributed by atoms with Crippen LogP contribution in [0.3, 0.4) is 0 Å². The highest BCUT2D eigenvalue weighted by Gasteiger charge is 2.42. The van der Waals surface area contributed by atoms with Crippen molar-refractivity contribution in [2.45, 2.75) is 38.6 Å². The van der Waals surface area contributed by atoms with Gasteiger partial charge in [-0.2, -0.15) is 0 Å². The van der Waals surface area contributed by atoms with Gasteiger partial charge in [-0.1, -0.05) is 67.6 Å². The number of carbonyl (C=O) groups excluding carboxylic acids is 2. The number of hydrogen-bond acceptors (Lipinski definition) is 4. The van der Waals surface area contributed by atoms with E-state index in [-0.39, 0.29) is 18.2 Å². The Kier molecular flexibility index (Phi) is 9.27. The van der Waals surface area contributed by atoms with Crippen LogP contribution in [-0.2, 0) is 22.4 Å². The first-order valence-corrected chi connectivity index (χ1v) is 13.2. The zero-order chi connectivity index (χ0) is 26.0. The molecule has 1 N–H and O–H groups in total. The second-order valence-corrected chi connectivity index (χ2v) is 9.44. The topological polar surface area (TPSA) is 61.9 Å². The number of ether oxygens (including phenoxy) is 1. The Hall–Kier alpha value is -3.71. The third-order valence-corrected chi connectivity index (χ3v) is 6.80. The molecule has 0 bridgehead atoms. The van der Waals surface area contributed by atoms with Gasteiger partial charge in [0.15, 0.2) is 5.11 Å². The predicted molar refractivity (Wildman–Crippen MR) is 151 cm³/mol. The van der Waals surface area contributed by atoms with Gasteiger partial charge in [-0.15, -0.1) is 0 Å². The molecule has 0 saturated carbocycles. The van der Waals surface area contributed by atoms with Crippen LogP contribution in [0.25, 0.3) is 0 Å². The fourth-order valence-corrected chi connectivity index (χ4v) is 4.77. The van der Waals surface area contributed by atoms with Crippen LogP contribution in [0.4, 0.5) is 5.69 Å². The Morgan fingerprint density at radius 2 is 1.49 bits per heavy atom. The van der Waals surface area contributed by atoms with Crippen LogP contribution in [0.5, 0.6) is 5.75 Å². The highest BCUT2D eigenvalue weighted by Crippen LogP contribution is 2.23. The molecular formula is C30H33N3O3S. The lowest BCUT2D eigenvalue weighted by Gasteiger charge is -2.24. The van der Waals surface area contributed by atoms with Crippen LogP contribution in [0, 0.1) is 0 Å². The Bertz CT molecular complexity index is 1190. The fourth-order valence-electron chi connectivity index (χ4n) is 4.37. The number of rotatable bonds is 12. The van der Waals surface area contributed by atoms with Gasteiger partial charge in [0, 0.05) is 18.8 Å². The van der Waals surface area contributed by atoms with E-state index in [2.05, 4.69) is 24.4 Å². The molecule has 1 saturated heterocycles. The van der Waals surface area contributed by atoms with Gasteiger partial charge < -0.3 is 15.0 Å². The van der Waals surface area contributed by atoms with E-state index >= 15 is 0 Å². The summed E-state index contributed by atoms with van der Waals surface area (Å²) in [6.45, 7) is 3.75. The molecule has 2 amide bonds. The maximum Gasteiger partial charge on any atom is 0.252 e. The van der Waals surface area contributed by atoms with E-state index in [1.54, 1.807) is 4.90 Å². The van der Waals surface area contributed by atoms with Crippen molar-refractivity contribution in [2.75, 3.05) is 25.0 Å². The van der Waals surface area contributed by atoms with Crippen molar-refractivity contribution < 1.29 is 14.3 Å². The summed E-state index contributed by atoms with van der Waals surface area (Å²) in [7, 11) is 0. The maximum atomic E-state index is 13.5. The Morgan fingerprint density at radius 1 is 0.892 bits per heavy atom. The molecule has 1 unspecified atom stereocenters. The van der Waals surface area contributed by atoms with E-state index in [0.717, 1.165) is 29.7 Å². The molecule has 3 aromatic rings. The van der Waals surface area contributed by atoms with Crippen molar-refractivity contribution in [1.82, 2.24) is 9.80 Å². The van der Waals surface area contributed by atoms with Crippen LogP contribution in [0.2, 0.25) is 0 Å². The lowest BCUT2D eigenvalue weighted by Crippen LogP contribution is -2.39. The SMILES string of the molecule is CCCOc1ccc(NC(=O)CC2C(=O)N(CCc3ccccc3)C(=S)N2CCc2ccccc2)cc1. The molecule has 4 rings (SSSR count). The minimum absolute atomic E-state index is 0.0314. The Labute approximate surface area is 224 Å². The second kappa shape index (κ2) is 13.0. The third-order valence-electron chi connectivity index (χ3n) is 6.34. The highest BCUT2D eigenvalue weighted by atomic mass is 32.1. The molecule has 0 radical (unpaired) electrons. The van der Waals surface area contributed by atoms with Crippen LogP contribution >= 0.6 is 12.2 Å². The quantitative estimate of drug-likeness (QED) is 0.341. The number of benzene rings is 3. The van der Waals surface area contributed by atoms with E-state index in [1.807, 2.05) is 77.7 Å². The molecule has 1 heterocycles. The largest absolute Gasteiger partial charge is 0.494 e. The van der Waals surface area contributed by atoms with Gasteiger partial charge >= 0.3 is 0 Å². The van der Waals surface area contributed by atoms with Crippen molar-refractivity contribution in [3.8, 4) is 5.75 Å². The zero-order valence-corrected chi connectivity index (χ0v) is 22.0. The fraction of sp³-hybridized carbons (Fsp3) is 0.300. The van der Waals surface area contributed by atoms with Gasteiger partial charge in [0.1, 0.15) is 11.8 Å². The molecule has 7 heteroatoms. The van der Waals surface area contributed by atoms with Gasteiger partial charge in [0.25, 0.3) is 5.91 Å². The summed E-state index contributed by atoms with van der Waals surface area (Å²) in [5.74, 6) is 0.419. The van der Waals surface area contributed by atoms with Gasteiger partial charge in [-0.25, -0.2) is 0 Å². The molecule has 6 nitrogen and oxygen atoms in total. The van der Waals surface area contributed by atoms with Crippen molar-refractivity contribution >= 4 is 34.8 Å². The standard InChI is InChI=1S/C30H33N3O3S/c1-2-21-36-26-15-13-25(14-16-26)31-28(34)22-27-29(35)33(20-18-24-11-7-4-8-12-24)30(37)32(27)19-17-23-9-5-3-6-10-23/h3-16,27H,2,17-22H2,1H3,(H,31,34). The molecule has 0 aliphatic carbocycles. The molecule has 0 spiro atoms. The summed E-state index contributed by atoms with van der Waals surface area (Å²) in [5, 5.41) is 3.41. The average molecular weight is 516 g/mol. The summed E-state index contributed by atoms with van der Waals surface area (Å²) >= 11 is 5.76. The molecule has 1 fully saturated rings. The molecule has 37 heavy (non-hydrogen) atoms. The Morgan fingerprint density at radius 3 is 2.08 bits per heavy atom. The van der Waals surface area contributed by atoms with Crippen LogP contribution < -0.4 is 10.1 Å². The van der Waals surface area contributed by atoms with Crippen molar-refractivity contribution in [3.05, 3.63) is 96.1 Å². The maximum absolute atomic E-state index is 13.5. The first-order chi connectivity index (χ1) is 18.0. The summed E-state index contributed by atoms with van der Waals surface area (Å²) < 4.78 is 5.61. The van der Waals surface area contributed by atoms with Crippen LogP contribution in [0.15, 0.2) is 84.9 Å². The molecule has 0 aromatic heterocycles. The molecular weight excluding hydrogens is 482 g/mol. The minimum atomic E-state index is -0.626. The summed E-state index contributed by atoms with van der Waals surface area (Å²) in [6.07, 6.45) is 2.39. The third kappa shape index (κ3) is 7.17. The number of nitrogens with one attached hydrogen (secondary N) is 1. The number of nitrogens with zero attached hydrogens (tertiary/aromatic N) is 2. The van der Waals surface area contributed by atoms with Crippen molar-refractivity contribution in [1.29, 1.82) is 0 Å². The second-order valence-electron chi connectivity index (χ2n) is 9.08. The lowest BCUT2D eigenvalue weighted by atomic mass is 10.1. The number of carbonyl (C=O) groups is 2. The van der Waals surface area contributed by atoms with Gasteiger partial charge in [-0.05, 0) is 66.9 Å². The molecule has 1 aliphatic heterocycles. The predicted octanol–water partition coefficient (Wildman–Crippen LogP) is 5.09. The number of hydrogen-bond donors (Lipinski definition) is 1. The van der Waals surface area contributed by atoms with Crippen molar-refractivity contribution in [3.63, 3.8) is 0 Å². The Balaban J connectivity index is 1.43. The highest BCUT2D eigenvalue weighted by molar-refractivity contribution is 7.80. The van der Waals surface area contributed by atoms with Gasteiger partial charge in [-0.3, -0.25) is 14.5 Å². The van der Waals surface area contributed by atoms with Gasteiger partial charge in [0.05, 0.1) is 13.0 Å². The van der Waals surface area contributed by atoms with Crippen LogP contribution in [0.1, 0.15) is 30.9 Å². The van der Waals surface area contributed by atoms with Gasteiger partial charge in [0.2, 0.25) is 5.91 Å². The summed E-state index contributed by atoms with van der Waals surface area (Å²) in [5.41, 5.74) is 2.97. The van der Waals surface area contributed by atoms with Crippen molar-refractivity contribution in [2.24, 2.45) is 0 Å². The van der Waals surface area contributed by atoms with E-state index in [4.69, 9.17) is 17.0 Å². The normalized spacial score (nSPS) is 15.2. The summed E-state index contributed by atoms with van der Waals surface area (Å²) in [6, 6.07) is 26.8.